The quantitative estimate of drug-likeness (QED) is 0.815. The van der Waals surface area contributed by atoms with Crippen LogP contribution in [0.2, 0.25) is 0 Å². The molecule has 2 rings (SSSR count). The van der Waals surface area contributed by atoms with Crippen molar-refractivity contribution in [3.05, 3.63) is 44.9 Å². The highest BCUT2D eigenvalue weighted by atomic mass is 79.9. The van der Waals surface area contributed by atoms with E-state index >= 15 is 0 Å². The van der Waals surface area contributed by atoms with Crippen molar-refractivity contribution in [1.82, 2.24) is 14.8 Å². The summed E-state index contributed by atoms with van der Waals surface area (Å²) in [5.74, 6) is 0.128. The fourth-order valence-corrected chi connectivity index (χ4v) is 1.56. The minimum absolute atomic E-state index is 0.104. The Balaban J connectivity index is 2.24. The largest absolute Gasteiger partial charge is 0.437 e. The Morgan fingerprint density at radius 1 is 1.47 bits per heavy atom. The molecule has 0 saturated carbocycles. The third-order valence-electron chi connectivity index (χ3n) is 2.24. The van der Waals surface area contributed by atoms with Crippen molar-refractivity contribution in [1.29, 1.82) is 0 Å². The van der Waals surface area contributed by atoms with Crippen LogP contribution in [0, 0.1) is 0 Å². The van der Waals surface area contributed by atoms with Crippen molar-refractivity contribution in [2.75, 3.05) is 0 Å². The topological polar surface area (TPSA) is 60.9 Å². The predicted octanol–water partition coefficient (Wildman–Crippen LogP) is 2.17. The minimum Gasteiger partial charge on any atom is -0.392 e. The van der Waals surface area contributed by atoms with Crippen LogP contribution in [0.3, 0.4) is 0 Å². The first-order valence-electron chi connectivity index (χ1n) is 5.24. The second-order valence-electron chi connectivity index (χ2n) is 4.01. The summed E-state index contributed by atoms with van der Waals surface area (Å²) in [5, 5.41) is 4.13. The maximum atomic E-state index is 11.5. The van der Waals surface area contributed by atoms with E-state index in [0.29, 0.717) is 12.4 Å². The number of nitrogens with zero attached hydrogens (tertiary/aromatic N) is 3. The second-order valence-corrected chi connectivity index (χ2v) is 4.82. The van der Waals surface area contributed by atoms with E-state index in [4.69, 9.17) is 4.42 Å². The third kappa shape index (κ3) is 2.82. The average molecular weight is 298 g/mol. The van der Waals surface area contributed by atoms with Crippen LogP contribution < -0.4 is 5.76 Å². The average Bonchev–Trinajstić information content (AvgIpc) is 2.64. The molecule has 0 unspecified atom stereocenters. The van der Waals surface area contributed by atoms with Gasteiger partial charge in [-0.3, -0.25) is 0 Å². The number of rotatable bonds is 3. The van der Waals surface area contributed by atoms with Crippen molar-refractivity contribution >= 4 is 15.9 Å². The van der Waals surface area contributed by atoms with Crippen LogP contribution in [0.1, 0.15) is 31.2 Å². The second kappa shape index (κ2) is 4.83. The monoisotopic (exact) mass is 297 g/mol. The lowest BCUT2D eigenvalue weighted by Gasteiger charge is -1.99. The van der Waals surface area contributed by atoms with E-state index in [1.54, 1.807) is 6.20 Å². The van der Waals surface area contributed by atoms with Gasteiger partial charge in [-0.05, 0) is 27.6 Å². The first-order chi connectivity index (χ1) is 8.06. The van der Waals surface area contributed by atoms with E-state index in [9.17, 15) is 4.79 Å². The van der Waals surface area contributed by atoms with E-state index in [0.717, 1.165) is 10.2 Å². The Kier molecular flexibility index (Phi) is 3.42. The zero-order valence-electron chi connectivity index (χ0n) is 9.55. The molecule has 0 aromatic carbocycles. The summed E-state index contributed by atoms with van der Waals surface area (Å²) in [6.45, 7) is 4.23. The molecule has 0 spiro atoms. The first kappa shape index (κ1) is 12.0. The Morgan fingerprint density at radius 3 is 2.76 bits per heavy atom. The van der Waals surface area contributed by atoms with Crippen molar-refractivity contribution in [3.8, 4) is 0 Å². The Hall–Kier alpha value is -1.43. The molecular weight excluding hydrogens is 286 g/mol. The van der Waals surface area contributed by atoms with Crippen LogP contribution in [-0.4, -0.2) is 14.8 Å². The van der Waals surface area contributed by atoms with Gasteiger partial charge in [0.2, 0.25) is 5.89 Å². The maximum Gasteiger partial charge on any atom is 0.437 e. The zero-order valence-corrected chi connectivity index (χ0v) is 11.1. The van der Waals surface area contributed by atoms with Gasteiger partial charge >= 0.3 is 5.76 Å². The van der Waals surface area contributed by atoms with E-state index in [2.05, 4.69) is 26.0 Å². The van der Waals surface area contributed by atoms with Crippen molar-refractivity contribution in [3.63, 3.8) is 0 Å². The van der Waals surface area contributed by atoms with E-state index in [1.807, 2.05) is 26.0 Å². The van der Waals surface area contributed by atoms with Gasteiger partial charge in [-0.15, -0.1) is 5.10 Å². The van der Waals surface area contributed by atoms with Crippen LogP contribution >= 0.6 is 15.9 Å². The van der Waals surface area contributed by atoms with E-state index < -0.39 is 5.76 Å². The van der Waals surface area contributed by atoms with Gasteiger partial charge in [0.1, 0.15) is 4.60 Å². The van der Waals surface area contributed by atoms with Gasteiger partial charge in [-0.25, -0.2) is 9.78 Å². The van der Waals surface area contributed by atoms with Crippen LogP contribution in [0.25, 0.3) is 0 Å². The summed E-state index contributed by atoms with van der Waals surface area (Å²) < 4.78 is 7.11. The Bertz CT molecular complexity index is 557. The van der Waals surface area contributed by atoms with Gasteiger partial charge in [-0.1, -0.05) is 19.9 Å². The zero-order chi connectivity index (χ0) is 12.4. The highest BCUT2D eigenvalue weighted by Crippen LogP contribution is 2.10. The lowest BCUT2D eigenvalue weighted by molar-refractivity contribution is 0.434. The summed E-state index contributed by atoms with van der Waals surface area (Å²) in [6.07, 6.45) is 1.69. The number of aromatic nitrogens is 3. The third-order valence-corrected chi connectivity index (χ3v) is 2.71. The molecule has 2 heterocycles. The summed E-state index contributed by atoms with van der Waals surface area (Å²) in [7, 11) is 0. The normalized spacial score (nSPS) is 11.1. The standard InChI is InChI=1S/C11H12BrN3O2/c1-7(2)10-14-15(11(16)17-10)6-8-3-4-9(12)13-5-8/h3-5,7H,6H2,1-2H3. The molecule has 2 aromatic rings. The molecule has 90 valence electrons. The van der Waals surface area contributed by atoms with Crippen molar-refractivity contribution in [2.45, 2.75) is 26.3 Å². The smallest absolute Gasteiger partial charge is 0.392 e. The van der Waals surface area contributed by atoms with Crippen LogP contribution in [0.4, 0.5) is 0 Å². The first-order valence-corrected chi connectivity index (χ1v) is 6.04. The fraction of sp³-hybridized carbons (Fsp3) is 0.364. The van der Waals surface area contributed by atoms with Gasteiger partial charge in [-0.2, -0.15) is 4.68 Å². The molecule has 0 fully saturated rings. The van der Waals surface area contributed by atoms with E-state index in [-0.39, 0.29) is 5.92 Å². The summed E-state index contributed by atoms with van der Waals surface area (Å²) in [6, 6.07) is 3.71. The Morgan fingerprint density at radius 2 is 2.24 bits per heavy atom. The molecule has 2 aromatic heterocycles. The van der Waals surface area contributed by atoms with Gasteiger partial charge < -0.3 is 4.42 Å². The summed E-state index contributed by atoms with van der Waals surface area (Å²) in [4.78, 5) is 15.6. The molecule has 0 aliphatic carbocycles. The number of hydrogen-bond acceptors (Lipinski definition) is 4. The van der Waals surface area contributed by atoms with Crippen LogP contribution in [0.5, 0.6) is 0 Å². The molecule has 0 aliphatic heterocycles. The molecule has 6 heteroatoms. The van der Waals surface area contributed by atoms with Crippen LogP contribution in [0.15, 0.2) is 32.1 Å². The van der Waals surface area contributed by atoms with Gasteiger partial charge in [0.25, 0.3) is 0 Å². The molecule has 0 N–H and O–H groups in total. The summed E-state index contributed by atoms with van der Waals surface area (Å²) in [5.41, 5.74) is 0.902. The van der Waals surface area contributed by atoms with Gasteiger partial charge in [0, 0.05) is 12.1 Å². The highest BCUT2D eigenvalue weighted by molar-refractivity contribution is 9.10. The number of hydrogen-bond donors (Lipinski definition) is 0. The molecule has 0 amide bonds. The molecule has 0 bridgehead atoms. The molecule has 0 aliphatic rings. The van der Waals surface area contributed by atoms with E-state index in [1.165, 1.54) is 4.68 Å². The molecule has 0 saturated heterocycles. The van der Waals surface area contributed by atoms with Gasteiger partial charge in [0.05, 0.1) is 6.54 Å². The maximum absolute atomic E-state index is 11.5. The highest BCUT2D eigenvalue weighted by Gasteiger charge is 2.11. The van der Waals surface area contributed by atoms with Crippen molar-refractivity contribution < 1.29 is 4.42 Å². The molecule has 0 atom stereocenters. The molecule has 0 radical (unpaired) electrons. The van der Waals surface area contributed by atoms with Crippen molar-refractivity contribution in [2.24, 2.45) is 0 Å². The number of pyridine rings is 1. The SMILES string of the molecule is CC(C)c1nn(Cc2ccc(Br)nc2)c(=O)o1. The van der Waals surface area contributed by atoms with Gasteiger partial charge in [0.15, 0.2) is 0 Å². The summed E-state index contributed by atoms with van der Waals surface area (Å²) >= 11 is 3.25. The molecular formula is C11H12BrN3O2. The lowest BCUT2D eigenvalue weighted by Crippen LogP contribution is -2.16. The minimum atomic E-state index is -0.434. The number of halogens is 1. The predicted molar refractivity (Wildman–Crippen MR) is 65.9 cm³/mol. The molecule has 5 nitrogen and oxygen atoms in total. The molecule has 17 heavy (non-hydrogen) atoms. The Labute approximate surface area is 107 Å². The van der Waals surface area contributed by atoms with Crippen LogP contribution in [-0.2, 0) is 6.54 Å². The lowest BCUT2D eigenvalue weighted by atomic mass is 10.2. The fourth-order valence-electron chi connectivity index (χ4n) is 1.33.